The van der Waals surface area contributed by atoms with Gasteiger partial charge < -0.3 is 19.5 Å². The van der Waals surface area contributed by atoms with Crippen LogP contribution in [-0.4, -0.2) is 54.8 Å². The average Bonchev–Trinajstić information content (AvgIpc) is 2.94. The maximum absolute atomic E-state index is 12.6. The second-order valence-electron chi connectivity index (χ2n) is 5.26. The molecule has 6 heteroatoms. The van der Waals surface area contributed by atoms with Gasteiger partial charge in [0.15, 0.2) is 0 Å². The fraction of sp³-hybridized carbons (Fsp3) is 0.500. The number of benzene rings is 1. The van der Waals surface area contributed by atoms with E-state index in [0.29, 0.717) is 31.1 Å². The highest BCUT2D eigenvalue weighted by molar-refractivity contribution is 5.95. The van der Waals surface area contributed by atoms with Crippen LogP contribution in [0.15, 0.2) is 24.3 Å². The molecule has 1 atom stereocenters. The second kappa shape index (κ2) is 7.79. The summed E-state index contributed by atoms with van der Waals surface area (Å²) in [6.45, 7) is 1.50. The molecule has 0 radical (unpaired) electrons. The predicted octanol–water partition coefficient (Wildman–Crippen LogP) is 1.79. The number of carboxylic acid groups (broad SMARTS) is 1. The second-order valence-corrected chi connectivity index (χ2v) is 5.26. The van der Waals surface area contributed by atoms with Gasteiger partial charge in [-0.05, 0) is 31.0 Å². The van der Waals surface area contributed by atoms with Gasteiger partial charge in [-0.2, -0.15) is 0 Å². The topological polar surface area (TPSA) is 76.1 Å². The Kier molecular flexibility index (Phi) is 5.77. The smallest absolute Gasteiger partial charge is 0.305 e. The van der Waals surface area contributed by atoms with Crippen LogP contribution in [0, 0.1) is 0 Å². The monoisotopic (exact) mass is 307 g/mol. The molecule has 22 heavy (non-hydrogen) atoms. The lowest BCUT2D eigenvalue weighted by atomic mass is 10.1. The molecule has 1 N–H and O–H groups in total. The number of carboxylic acids is 1. The number of ether oxygens (including phenoxy) is 2. The Bertz CT molecular complexity index is 531. The zero-order chi connectivity index (χ0) is 15.9. The van der Waals surface area contributed by atoms with Gasteiger partial charge in [-0.1, -0.05) is 6.07 Å². The van der Waals surface area contributed by atoms with E-state index in [1.54, 1.807) is 36.3 Å². The van der Waals surface area contributed by atoms with Crippen LogP contribution in [0.4, 0.5) is 0 Å². The Labute approximate surface area is 129 Å². The number of rotatable bonds is 7. The number of likely N-dealkylation sites (tertiary alicyclic amines) is 1. The van der Waals surface area contributed by atoms with Gasteiger partial charge >= 0.3 is 5.97 Å². The van der Waals surface area contributed by atoms with Crippen molar-refractivity contribution < 1.29 is 24.2 Å². The third-order valence-electron chi connectivity index (χ3n) is 3.69. The number of carbonyl (C=O) groups excluding carboxylic acids is 1. The molecule has 1 aromatic carbocycles. The summed E-state index contributed by atoms with van der Waals surface area (Å²) < 4.78 is 10.4. The summed E-state index contributed by atoms with van der Waals surface area (Å²) in [6.07, 6.45) is 1.57. The van der Waals surface area contributed by atoms with Crippen molar-refractivity contribution in [3.8, 4) is 5.75 Å². The molecule has 2 rings (SSSR count). The minimum absolute atomic E-state index is 0.00420. The number of aliphatic carboxylic acids is 1. The highest BCUT2D eigenvalue weighted by Crippen LogP contribution is 2.24. The Hall–Kier alpha value is -2.08. The SMILES string of the molecule is COCCOc1cccc(C(=O)N2CCCC2CC(=O)O)c1. The summed E-state index contributed by atoms with van der Waals surface area (Å²) in [6, 6.07) is 6.74. The number of hydrogen-bond acceptors (Lipinski definition) is 4. The lowest BCUT2D eigenvalue weighted by Gasteiger charge is -2.23. The maximum atomic E-state index is 12.6. The van der Waals surface area contributed by atoms with Crippen LogP contribution < -0.4 is 4.74 Å². The predicted molar refractivity (Wildman–Crippen MR) is 80.1 cm³/mol. The zero-order valence-electron chi connectivity index (χ0n) is 12.7. The van der Waals surface area contributed by atoms with Crippen molar-refractivity contribution in [3.63, 3.8) is 0 Å². The number of carbonyl (C=O) groups is 2. The Balaban J connectivity index is 2.05. The van der Waals surface area contributed by atoms with Crippen LogP contribution in [0.25, 0.3) is 0 Å². The molecule has 0 saturated carbocycles. The molecule has 0 aliphatic carbocycles. The van der Waals surface area contributed by atoms with Gasteiger partial charge in [0.05, 0.1) is 13.0 Å². The third-order valence-corrected chi connectivity index (χ3v) is 3.69. The van der Waals surface area contributed by atoms with E-state index in [1.165, 1.54) is 0 Å². The molecule has 120 valence electrons. The Morgan fingerprint density at radius 2 is 2.18 bits per heavy atom. The molecular formula is C16H21NO5. The van der Waals surface area contributed by atoms with E-state index in [1.807, 2.05) is 0 Å². The van der Waals surface area contributed by atoms with Gasteiger partial charge in [0.25, 0.3) is 5.91 Å². The van der Waals surface area contributed by atoms with Crippen LogP contribution >= 0.6 is 0 Å². The van der Waals surface area contributed by atoms with Crippen LogP contribution in [0.5, 0.6) is 5.75 Å². The van der Waals surface area contributed by atoms with Gasteiger partial charge in [-0.25, -0.2) is 0 Å². The van der Waals surface area contributed by atoms with Gasteiger partial charge in [-0.15, -0.1) is 0 Å². The Morgan fingerprint density at radius 1 is 1.36 bits per heavy atom. The van der Waals surface area contributed by atoms with Crippen molar-refractivity contribution in [2.24, 2.45) is 0 Å². The lowest BCUT2D eigenvalue weighted by molar-refractivity contribution is -0.137. The van der Waals surface area contributed by atoms with E-state index in [2.05, 4.69) is 0 Å². The minimum atomic E-state index is -0.874. The number of hydrogen-bond donors (Lipinski definition) is 1. The lowest BCUT2D eigenvalue weighted by Crippen LogP contribution is -2.36. The summed E-state index contributed by atoms with van der Waals surface area (Å²) in [5.74, 6) is -0.404. The molecule has 0 aromatic heterocycles. The molecule has 1 heterocycles. The zero-order valence-corrected chi connectivity index (χ0v) is 12.7. The number of methoxy groups -OCH3 is 1. The first kappa shape index (κ1) is 16.3. The van der Waals surface area contributed by atoms with E-state index < -0.39 is 5.97 Å². The van der Waals surface area contributed by atoms with Gasteiger partial charge in [0, 0.05) is 25.3 Å². The van der Waals surface area contributed by atoms with Crippen LogP contribution in [0.1, 0.15) is 29.6 Å². The van der Waals surface area contributed by atoms with Gasteiger partial charge in [0.1, 0.15) is 12.4 Å². The fourth-order valence-electron chi connectivity index (χ4n) is 2.64. The van der Waals surface area contributed by atoms with Crippen molar-refractivity contribution >= 4 is 11.9 Å². The normalized spacial score (nSPS) is 17.5. The molecule has 1 amide bonds. The van der Waals surface area contributed by atoms with Gasteiger partial charge in [0.2, 0.25) is 0 Å². The van der Waals surface area contributed by atoms with Crippen LogP contribution in [0.3, 0.4) is 0 Å². The molecule has 1 aromatic rings. The van der Waals surface area contributed by atoms with E-state index in [-0.39, 0.29) is 18.4 Å². The van der Waals surface area contributed by atoms with Gasteiger partial charge in [-0.3, -0.25) is 9.59 Å². The largest absolute Gasteiger partial charge is 0.491 e. The fourth-order valence-corrected chi connectivity index (χ4v) is 2.64. The molecule has 0 bridgehead atoms. The highest BCUT2D eigenvalue weighted by Gasteiger charge is 2.31. The summed E-state index contributed by atoms with van der Waals surface area (Å²) >= 11 is 0. The van der Waals surface area contributed by atoms with E-state index in [9.17, 15) is 9.59 Å². The van der Waals surface area contributed by atoms with E-state index in [0.717, 1.165) is 12.8 Å². The summed E-state index contributed by atoms with van der Waals surface area (Å²) in [7, 11) is 1.60. The van der Waals surface area contributed by atoms with E-state index in [4.69, 9.17) is 14.6 Å². The molecule has 1 unspecified atom stereocenters. The average molecular weight is 307 g/mol. The Morgan fingerprint density at radius 3 is 2.91 bits per heavy atom. The third kappa shape index (κ3) is 4.21. The molecule has 0 spiro atoms. The van der Waals surface area contributed by atoms with Crippen LogP contribution in [-0.2, 0) is 9.53 Å². The first-order valence-corrected chi connectivity index (χ1v) is 7.36. The number of nitrogens with zero attached hydrogens (tertiary/aromatic N) is 1. The van der Waals surface area contributed by atoms with Crippen LogP contribution in [0.2, 0.25) is 0 Å². The van der Waals surface area contributed by atoms with Crippen molar-refractivity contribution in [2.75, 3.05) is 26.9 Å². The van der Waals surface area contributed by atoms with Crippen molar-refractivity contribution in [1.29, 1.82) is 0 Å². The van der Waals surface area contributed by atoms with Crippen molar-refractivity contribution in [3.05, 3.63) is 29.8 Å². The number of amides is 1. The first-order valence-electron chi connectivity index (χ1n) is 7.36. The maximum Gasteiger partial charge on any atom is 0.305 e. The molecule has 6 nitrogen and oxygen atoms in total. The van der Waals surface area contributed by atoms with Crippen molar-refractivity contribution in [1.82, 2.24) is 4.90 Å². The standard InChI is InChI=1S/C16H21NO5/c1-21-8-9-22-14-6-2-4-12(10-14)16(20)17-7-3-5-13(17)11-15(18)19/h2,4,6,10,13H,3,5,7-9,11H2,1H3,(H,18,19). The molecule has 1 aliphatic heterocycles. The summed E-state index contributed by atoms with van der Waals surface area (Å²) in [4.78, 5) is 25.1. The highest BCUT2D eigenvalue weighted by atomic mass is 16.5. The summed E-state index contributed by atoms with van der Waals surface area (Å²) in [5, 5.41) is 8.94. The van der Waals surface area contributed by atoms with E-state index >= 15 is 0 Å². The first-order chi connectivity index (χ1) is 10.6. The van der Waals surface area contributed by atoms with Crippen molar-refractivity contribution in [2.45, 2.75) is 25.3 Å². The molecular weight excluding hydrogens is 286 g/mol. The molecule has 1 aliphatic rings. The minimum Gasteiger partial charge on any atom is -0.491 e. The summed E-state index contributed by atoms with van der Waals surface area (Å²) in [5.41, 5.74) is 0.521. The quantitative estimate of drug-likeness (QED) is 0.777. The molecule has 1 fully saturated rings. The molecule has 1 saturated heterocycles.